The highest BCUT2D eigenvalue weighted by Crippen LogP contribution is 2.22. The first-order valence-corrected chi connectivity index (χ1v) is 4.90. The van der Waals surface area contributed by atoms with Crippen molar-refractivity contribution in [3.8, 4) is 11.3 Å². The van der Waals surface area contributed by atoms with Crippen molar-refractivity contribution in [2.24, 2.45) is 0 Å². The van der Waals surface area contributed by atoms with Gasteiger partial charge in [-0.1, -0.05) is 6.07 Å². The summed E-state index contributed by atoms with van der Waals surface area (Å²) in [6, 6.07) is 5.13. The molecule has 0 amide bonds. The number of oxazole rings is 1. The molecule has 84 valence electrons. The molecule has 6 nitrogen and oxygen atoms in total. The van der Waals surface area contributed by atoms with Crippen LogP contribution in [0.25, 0.3) is 22.4 Å². The van der Waals surface area contributed by atoms with E-state index in [0.29, 0.717) is 34.3 Å². The van der Waals surface area contributed by atoms with Crippen LogP contribution < -0.4 is 5.76 Å². The maximum atomic E-state index is 11.0. The minimum atomic E-state index is -0.505. The molecule has 2 N–H and O–H groups in total. The molecule has 0 aliphatic rings. The lowest BCUT2D eigenvalue weighted by Crippen LogP contribution is -1.92. The van der Waals surface area contributed by atoms with E-state index in [9.17, 15) is 9.59 Å². The summed E-state index contributed by atoms with van der Waals surface area (Å²) >= 11 is 0. The van der Waals surface area contributed by atoms with Crippen LogP contribution in [0.4, 0.5) is 0 Å². The molecular weight excluding hydrogens is 222 g/mol. The van der Waals surface area contributed by atoms with Gasteiger partial charge >= 0.3 is 5.76 Å². The van der Waals surface area contributed by atoms with Crippen LogP contribution in [0.5, 0.6) is 0 Å². The average molecular weight is 229 g/mol. The second-order valence-electron chi connectivity index (χ2n) is 3.51. The van der Waals surface area contributed by atoms with E-state index in [0.717, 1.165) is 0 Å². The van der Waals surface area contributed by atoms with Gasteiger partial charge in [0.1, 0.15) is 5.69 Å². The number of hydrogen-bond acceptors (Lipinski definition) is 4. The van der Waals surface area contributed by atoms with E-state index in [1.807, 2.05) is 0 Å². The molecule has 0 unspecified atom stereocenters. The number of nitrogens with zero attached hydrogens (tertiary/aromatic N) is 1. The fourth-order valence-electron chi connectivity index (χ4n) is 1.72. The fraction of sp³-hybridized carbons (Fsp3) is 0. The van der Waals surface area contributed by atoms with E-state index in [4.69, 9.17) is 4.42 Å². The number of carbonyl (C=O) groups is 1. The summed E-state index contributed by atoms with van der Waals surface area (Å²) in [7, 11) is 0. The lowest BCUT2D eigenvalue weighted by atomic mass is 10.1. The molecule has 0 bridgehead atoms. The number of aromatic amines is 2. The normalized spacial score (nSPS) is 10.8. The summed E-state index contributed by atoms with van der Waals surface area (Å²) in [6.45, 7) is 0. The molecule has 0 fully saturated rings. The highest BCUT2D eigenvalue weighted by molar-refractivity contribution is 5.86. The van der Waals surface area contributed by atoms with Gasteiger partial charge in [0, 0.05) is 5.56 Å². The zero-order valence-corrected chi connectivity index (χ0v) is 8.56. The zero-order chi connectivity index (χ0) is 11.8. The van der Waals surface area contributed by atoms with Crippen LogP contribution >= 0.6 is 0 Å². The molecule has 0 atom stereocenters. The molecule has 1 aromatic carbocycles. The molecule has 0 radical (unpaired) electrons. The Morgan fingerprint density at radius 2 is 2.24 bits per heavy atom. The Labute approximate surface area is 94.3 Å². The van der Waals surface area contributed by atoms with Crippen molar-refractivity contribution in [1.29, 1.82) is 0 Å². The Morgan fingerprint density at radius 1 is 1.35 bits per heavy atom. The fourth-order valence-corrected chi connectivity index (χ4v) is 1.72. The minimum absolute atomic E-state index is 0.391. The third-order valence-corrected chi connectivity index (χ3v) is 2.48. The van der Waals surface area contributed by atoms with Crippen molar-refractivity contribution in [2.45, 2.75) is 0 Å². The summed E-state index contributed by atoms with van der Waals surface area (Å²) in [4.78, 5) is 31.1. The van der Waals surface area contributed by atoms with Crippen LogP contribution in [-0.4, -0.2) is 21.2 Å². The largest absolute Gasteiger partial charge is 0.417 e. The number of aldehydes is 1. The van der Waals surface area contributed by atoms with Crippen molar-refractivity contribution < 1.29 is 9.21 Å². The van der Waals surface area contributed by atoms with Crippen LogP contribution in [0.1, 0.15) is 10.5 Å². The number of carbonyl (C=O) groups excluding carboxylic acids is 1. The van der Waals surface area contributed by atoms with Crippen LogP contribution in [0.15, 0.2) is 33.7 Å². The number of aromatic nitrogens is 3. The first-order valence-electron chi connectivity index (χ1n) is 4.90. The van der Waals surface area contributed by atoms with E-state index in [1.54, 1.807) is 18.2 Å². The van der Waals surface area contributed by atoms with E-state index < -0.39 is 5.76 Å². The van der Waals surface area contributed by atoms with Crippen LogP contribution in [0.2, 0.25) is 0 Å². The van der Waals surface area contributed by atoms with E-state index in [-0.39, 0.29) is 0 Å². The van der Waals surface area contributed by atoms with E-state index in [2.05, 4.69) is 15.0 Å². The van der Waals surface area contributed by atoms with Gasteiger partial charge in [-0.3, -0.25) is 9.78 Å². The van der Waals surface area contributed by atoms with Crippen molar-refractivity contribution in [3.63, 3.8) is 0 Å². The van der Waals surface area contributed by atoms with Gasteiger partial charge in [0.2, 0.25) is 0 Å². The number of imidazole rings is 1. The molecule has 0 saturated heterocycles. The van der Waals surface area contributed by atoms with Gasteiger partial charge in [-0.2, -0.15) is 0 Å². The lowest BCUT2D eigenvalue weighted by Gasteiger charge is -1.97. The smallest absolute Gasteiger partial charge is 0.408 e. The molecule has 6 heteroatoms. The van der Waals surface area contributed by atoms with Crippen LogP contribution in [-0.2, 0) is 0 Å². The Morgan fingerprint density at radius 3 is 3.06 bits per heavy atom. The second-order valence-corrected chi connectivity index (χ2v) is 3.51. The molecule has 0 aliphatic carbocycles. The van der Waals surface area contributed by atoms with Gasteiger partial charge in [0.05, 0.1) is 17.5 Å². The molecule has 0 aliphatic heterocycles. The highest BCUT2D eigenvalue weighted by atomic mass is 16.4. The van der Waals surface area contributed by atoms with Crippen LogP contribution in [0, 0.1) is 0 Å². The number of hydrogen-bond donors (Lipinski definition) is 2. The van der Waals surface area contributed by atoms with Gasteiger partial charge in [-0.15, -0.1) is 0 Å². The molecule has 3 rings (SSSR count). The molecule has 2 heterocycles. The van der Waals surface area contributed by atoms with Gasteiger partial charge in [-0.25, -0.2) is 9.78 Å². The number of rotatable bonds is 2. The van der Waals surface area contributed by atoms with Crippen molar-refractivity contribution >= 4 is 17.4 Å². The molecule has 2 aromatic heterocycles. The predicted molar refractivity (Wildman–Crippen MR) is 59.8 cm³/mol. The highest BCUT2D eigenvalue weighted by Gasteiger charge is 2.09. The van der Waals surface area contributed by atoms with Crippen molar-refractivity contribution in [2.75, 3.05) is 0 Å². The number of nitrogens with one attached hydrogen (secondary N) is 2. The Kier molecular flexibility index (Phi) is 1.94. The summed E-state index contributed by atoms with van der Waals surface area (Å²) in [5, 5.41) is 0. The first-order chi connectivity index (χ1) is 8.28. The van der Waals surface area contributed by atoms with E-state index in [1.165, 1.54) is 6.33 Å². The zero-order valence-electron chi connectivity index (χ0n) is 8.56. The number of fused-ring (bicyclic) bond motifs is 1. The molecule has 3 aromatic rings. The Bertz CT molecular complexity index is 751. The Balaban J connectivity index is 2.24. The summed E-state index contributed by atoms with van der Waals surface area (Å²) in [5.74, 6) is -0.505. The molecule has 17 heavy (non-hydrogen) atoms. The Hall–Kier alpha value is -2.63. The van der Waals surface area contributed by atoms with Crippen molar-refractivity contribution in [1.82, 2.24) is 15.0 Å². The number of H-pyrrole nitrogens is 2. The lowest BCUT2D eigenvalue weighted by molar-refractivity contribution is 0.112. The summed E-state index contributed by atoms with van der Waals surface area (Å²) in [6.07, 6.45) is 2.14. The third-order valence-electron chi connectivity index (χ3n) is 2.48. The SMILES string of the molecule is O=Cc1[nH]cnc1-c1ccc2[nH]c(=O)oc2c1. The maximum absolute atomic E-state index is 11.0. The van der Waals surface area contributed by atoms with Crippen molar-refractivity contribution in [3.05, 3.63) is 40.8 Å². The molecule has 0 spiro atoms. The van der Waals surface area contributed by atoms with Crippen LogP contribution in [0.3, 0.4) is 0 Å². The standard InChI is InChI=1S/C11H7N3O3/c15-4-8-10(13-5-12-8)6-1-2-7-9(3-6)17-11(16)14-7/h1-5H,(H,12,13)(H,14,16). The minimum Gasteiger partial charge on any atom is -0.408 e. The topological polar surface area (TPSA) is 91.8 Å². The quantitative estimate of drug-likeness (QED) is 0.648. The monoisotopic (exact) mass is 229 g/mol. The van der Waals surface area contributed by atoms with Gasteiger partial charge in [0.15, 0.2) is 11.9 Å². The predicted octanol–water partition coefficient (Wildman–Crippen LogP) is 1.32. The van der Waals surface area contributed by atoms with E-state index >= 15 is 0 Å². The second kappa shape index (κ2) is 3.44. The molecular formula is C11H7N3O3. The maximum Gasteiger partial charge on any atom is 0.417 e. The number of benzene rings is 1. The first kappa shape index (κ1) is 9.59. The van der Waals surface area contributed by atoms with Gasteiger partial charge in [-0.05, 0) is 12.1 Å². The van der Waals surface area contributed by atoms with Gasteiger partial charge < -0.3 is 9.40 Å². The summed E-state index contributed by atoms with van der Waals surface area (Å²) in [5.41, 5.74) is 2.69. The third kappa shape index (κ3) is 1.46. The molecule has 0 saturated carbocycles. The average Bonchev–Trinajstić information content (AvgIpc) is 2.91. The summed E-state index contributed by atoms with van der Waals surface area (Å²) < 4.78 is 4.94. The van der Waals surface area contributed by atoms with Gasteiger partial charge in [0.25, 0.3) is 0 Å².